The Morgan fingerprint density at radius 1 is 0.339 bits per heavy atom. The predicted octanol–water partition coefficient (Wildman–Crippen LogP) is 15.9. The van der Waals surface area contributed by atoms with Gasteiger partial charge in [0.15, 0.2) is 6.10 Å². The predicted molar refractivity (Wildman–Crippen MR) is 238 cm³/mol. The van der Waals surface area contributed by atoms with Crippen molar-refractivity contribution in [1.82, 2.24) is 0 Å². The second-order valence-corrected chi connectivity index (χ2v) is 17.6. The molecule has 0 saturated carbocycles. The molecule has 1 atom stereocenters. The smallest absolute Gasteiger partial charge is 0.306 e. The zero-order chi connectivity index (χ0) is 41.0. The lowest BCUT2D eigenvalue weighted by atomic mass is 10.0. The van der Waals surface area contributed by atoms with Crippen LogP contribution < -0.4 is 0 Å². The number of hydrogen-bond acceptors (Lipinski definition) is 6. The van der Waals surface area contributed by atoms with E-state index in [4.69, 9.17) is 14.2 Å². The lowest BCUT2D eigenvalue weighted by Gasteiger charge is -2.18. The summed E-state index contributed by atoms with van der Waals surface area (Å²) >= 11 is 0. The second-order valence-electron chi connectivity index (χ2n) is 17.6. The molecule has 0 aromatic carbocycles. The topological polar surface area (TPSA) is 78.9 Å². The Balaban J connectivity index is 4.28. The van der Waals surface area contributed by atoms with Gasteiger partial charge in [-0.3, -0.25) is 14.4 Å². The van der Waals surface area contributed by atoms with E-state index < -0.39 is 6.10 Å². The van der Waals surface area contributed by atoms with Gasteiger partial charge in [-0.05, 0) is 25.2 Å². The molecule has 0 aromatic rings. The molecular formula is C50H96O6. The minimum atomic E-state index is -0.759. The Morgan fingerprint density at radius 3 is 0.875 bits per heavy atom. The van der Waals surface area contributed by atoms with Gasteiger partial charge in [-0.2, -0.15) is 0 Å². The van der Waals surface area contributed by atoms with Gasteiger partial charge in [-0.25, -0.2) is 0 Å². The molecular weight excluding hydrogens is 697 g/mol. The zero-order valence-corrected chi connectivity index (χ0v) is 38.1. The maximum atomic E-state index is 12.7. The van der Waals surface area contributed by atoms with Crippen LogP contribution >= 0.6 is 0 Å². The summed E-state index contributed by atoms with van der Waals surface area (Å²) in [6, 6.07) is 0. The Kier molecular flexibility index (Phi) is 43.2. The van der Waals surface area contributed by atoms with E-state index in [1.54, 1.807) is 0 Å². The Labute approximate surface area is 348 Å². The number of ether oxygens (including phenoxy) is 3. The van der Waals surface area contributed by atoms with Crippen LogP contribution in [-0.2, 0) is 28.6 Å². The maximum Gasteiger partial charge on any atom is 0.306 e. The maximum absolute atomic E-state index is 12.7. The minimum absolute atomic E-state index is 0.0631. The van der Waals surface area contributed by atoms with Crippen LogP contribution in [0.2, 0.25) is 0 Å². The molecule has 0 rings (SSSR count). The van der Waals surface area contributed by atoms with Gasteiger partial charge in [-0.1, -0.05) is 240 Å². The number of carbonyl (C=O) groups excluding carboxylic acids is 3. The molecule has 0 N–H and O–H groups in total. The third-order valence-electron chi connectivity index (χ3n) is 11.3. The first-order valence-electron chi connectivity index (χ1n) is 24.9. The van der Waals surface area contributed by atoms with E-state index in [9.17, 15) is 14.4 Å². The largest absolute Gasteiger partial charge is 0.462 e. The van der Waals surface area contributed by atoms with E-state index in [2.05, 4.69) is 27.7 Å². The lowest BCUT2D eigenvalue weighted by Crippen LogP contribution is -2.30. The number of esters is 3. The van der Waals surface area contributed by atoms with Gasteiger partial charge in [0, 0.05) is 19.3 Å². The van der Waals surface area contributed by atoms with E-state index in [-0.39, 0.29) is 31.1 Å². The fourth-order valence-electron chi connectivity index (χ4n) is 7.51. The van der Waals surface area contributed by atoms with Gasteiger partial charge in [-0.15, -0.1) is 0 Å². The van der Waals surface area contributed by atoms with Gasteiger partial charge < -0.3 is 14.2 Å². The molecule has 56 heavy (non-hydrogen) atoms. The van der Waals surface area contributed by atoms with Gasteiger partial charge in [0.1, 0.15) is 13.2 Å². The minimum Gasteiger partial charge on any atom is -0.462 e. The molecule has 0 radical (unpaired) electrons. The van der Waals surface area contributed by atoms with Crippen LogP contribution in [-0.4, -0.2) is 37.2 Å². The van der Waals surface area contributed by atoms with Crippen molar-refractivity contribution in [2.75, 3.05) is 13.2 Å². The molecule has 0 aliphatic rings. The van der Waals surface area contributed by atoms with Crippen molar-refractivity contribution < 1.29 is 28.6 Å². The highest BCUT2D eigenvalue weighted by Crippen LogP contribution is 2.17. The van der Waals surface area contributed by atoms with Crippen LogP contribution in [0.15, 0.2) is 0 Å². The molecule has 0 heterocycles. The third-order valence-corrected chi connectivity index (χ3v) is 11.3. The summed E-state index contributed by atoms with van der Waals surface area (Å²) in [7, 11) is 0. The molecule has 0 aliphatic carbocycles. The van der Waals surface area contributed by atoms with Crippen molar-refractivity contribution in [1.29, 1.82) is 0 Å². The Bertz CT molecular complexity index is 841. The van der Waals surface area contributed by atoms with Gasteiger partial charge in [0.2, 0.25) is 0 Å². The van der Waals surface area contributed by atoms with E-state index in [1.807, 2.05) is 0 Å². The fraction of sp³-hybridized carbons (Fsp3) is 0.940. The average molecular weight is 793 g/mol. The highest BCUT2D eigenvalue weighted by Gasteiger charge is 2.19. The summed E-state index contributed by atoms with van der Waals surface area (Å²) in [6.45, 7) is 9.00. The Hall–Kier alpha value is -1.59. The number of hydrogen-bond donors (Lipinski definition) is 0. The van der Waals surface area contributed by atoms with E-state index >= 15 is 0 Å². The summed E-state index contributed by atoms with van der Waals surface area (Å²) < 4.78 is 16.8. The first-order valence-corrected chi connectivity index (χ1v) is 24.9. The summed E-state index contributed by atoms with van der Waals surface area (Å²) in [6.07, 6.45) is 45.1. The fourth-order valence-corrected chi connectivity index (χ4v) is 7.51. The standard InChI is InChI=1S/C50H96O6/c1-5-7-9-11-13-15-17-18-19-20-21-26-29-33-37-41-48(51)54-44-47(56-50(53)43-39-35-31-25-16-14-12-10-8-6-2)45-55-49(52)42-38-34-30-27-23-22-24-28-32-36-40-46(3)4/h46-47H,5-45H2,1-4H3/t47-/m1/s1. The summed E-state index contributed by atoms with van der Waals surface area (Å²) in [5.74, 6) is -0.0305. The van der Waals surface area contributed by atoms with Crippen LogP contribution in [0.5, 0.6) is 0 Å². The lowest BCUT2D eigenvalue weighted by molar-refractivity contribution is -0.167. The van der Waals surface area contributed by atoms with E-state index in [0.29, 0.717) is 19.3 Å². The van der Waals surface area contributed by atoms with Gasteiger partial charge in [0.05, 0.1) is 0 Å². The van der Waals surface area contributed by atoms with E-state index in [1.165, 1.54) is 173 Å². The molecule has 0 saturated heterocycles. The quantitative estimate of drug-likeness (QED) is 0.0347. The molecule has 6 heteroatoms. The molecule has 332 valence electrons. The van der Waals surface area contributed by atoms with Gasteiger partial charge in [0.25, 0.3) is 0 Å². The number of rotatable bonds is 45. The average Bonchev–Trinajstić information content (AvgIpc) is 3.18. The van der Waals surface area contributed by atoms with Crippen molar-refractivity contribution in [3.05, 3.63) is 0 Å². The van der Waals surface area contributed by atoms with Crippen LogP contribution in [0.1, 0.15) is 278 Å². The van der Waals surface area contributed by atoms with Crippen LogP contribution in [0.3, 0.4) is 0 Å². The molecule has 0 bridgehead atoms. The summed E-state index contributed by atoms with van der Waals surface area (Å²) in [4.78, 5) is 37.8. The number of unbranched alkanes of at least 4 members (excludes halogenated alkanes) is 32. The molecule has 0 amide bonds. The monoisotopic (exact) mass is 793 g/mol. The first kappa shape index (κ1) is 54.4. The van der Waals surface area contributed by atoms with Crippen molar-refractivity contribution in [3.8, 4) is 0 Å². The van der Waals surface area contributed by atoms with Crippen molar-refractivity contribution in [2.24, 2.45) is 5.92 Å². The van der Waals surface area contributed by atoms with Crippen LogP contribution in [0.4, 0.5) is 0 Å². The highest BCUT2D eigenvalue weighted by atomic mass is 16.6. The zero-order valence-electron chi connectivity index (χ0n) is 38.1. The van der Waals surface area contributed by atoms with Crippen LogP contribution in [0.25, 0.3) is 0 Å². The molecule has 0 aliphatic heterocycles. The second kappa shape index (κ2) is 44.5. The Morgan fingerprint density at radius 2 is 0.589 bits per heavy atom. The summed E-state index contributed by atoms with van der Waals surface area (Å²) in [5.41, 5.74) is 0. The first-order chi connectivity index (χ1) is 27.4. The highest BCUT2D eigenvalue weighted by molar-refractivity contribution is 5.71. The molecule has 6 nitrogen and oxygen atoms in total. The normalized spacial score (nSPS) is 11.9. The van der Waals surface area contributed by atoms with Crippen molar-refractivity contribution in [2.45, 2.75) is 284 Å². The molecule has 0 aromatic heterocycles. The summed E-state index contributed by atoms with van der Waals surface area (Å²) in [5, 5.41) is 0. The van der Waals surface area contributed by atoms with E-state index in [0.717, 1.165) is 63.7 Å². The van der Waals surface area contributed by atoms with Crippen molar-refractivity contribution >= 4 is 17.9 Å². The molecule has 0 spiro atoms. The van der Waals surface area contributed by atoms with Crippen molar-refractivity contribution in [3.63, 3.8) is 0 Å². The SMILES string of the molecule is CCCCCCCCCCCCCCCCCC(=O)OC[C@H](COC(=O)CCCCCCCCCCCCC(C)C)OC(=O)CCCCCCCCCCCC. The number of carbonyl (C=O) groups is 3. The van der Waals surface area contributed by atoms with Gasteiger partial charge >= 0.3 is 17.9 Å². The van der Waals surface area contributed by atoms with Crippen LogP contribution in [0, 0.1) is 5.92 Å². The molecule has 0 unspecified atom stereocenters. The third kappa shape index (κ3) is 43.5. The molecule has 0 fully saturated rings.